The summed E-state index contributed by atoms with van der Waals surface area (Å²) < 4.78 is 116. The first-order chi connectivity index (χ1) is 38.4. The fourth-order valence-corrected chi connectivity index (χ4v) is 11.6. The summed E-state index contributed by atoms with van der Waals surface area (Å²) in [5, 5.41) is 64.8. The van der Waals surface area contributed by atoms with Crippen molar-refractivity contribution < 1.29 is 83.5 Å². The van der Waals surface area contributed by atoms with Gasteiger partial charge < -0.3 is 66.7 Å². The number of rotatable bonds is 21. The predicted molar refractivity (Wildman–Crippen MR) is 292 cm³/mol. The van der Waals surface area contributed by atoms with E-state index in [2.05, 4.69) is 9.95 Å². The summed E-state index contributed by atoms with van der Waals surface area (Å²) in [6, 6.07) is 21.9. The van der Waals surface area contributed by atoms with Crippen LogP contribution in [-0.4, -0.2) is 93.1 Å². The highest BCUT2D eigenvalue weighted by Crippen LogP contribution is 2.52. The van der Waals surface area contributed by atoms with E-state index in [9.17, 15) is 48.0 Å². The number of phenols is 4. The first-order valence-corrected chi connectivity index (χ1v) is 26.9. The minimum Gasteiger partial charge on any atom is -0.504 e. The third-order valence-electron chi connectivity index (χ3n) is 12.8. The van der Waals surface area contributed by atoms with Gasteiger partial charge in [0.2, 0.25) is 33.8 Å². The number of diazo groups is 2. The first-order valence-electron chi connectivity index (χ1n) is 24.1. The summed E-state index contributed by atoms with van der Waals surface area (Å²) in [5.74, 6) is -2.35. The number of methoxy groups -OCH3 is 6. The van der Waals surface area contributed by atoms with Gasteiger partial charge in [0.05, 0.1) is 55.9 Å². The quantitative estimate of drug-likeness (QED) is 0.0384. The van der Waals surface area contributed by atoms with E-state index in [1.54, 1.807) is 13.8 Å². The van der Waals surface area contributed by atoms with E-state index in [1.807, 2.05) is 0 Å². The number of hydrogen-bond donors (Lipinski definition) is 4. The summed E-state index contributed by atoms with van der Waals surface area (Å²) in [5.41, 5.74) is 0.436. The molecule has 0 atom stereocenters. The maximum Gasteiger partial charge on any atom is 0.426 e. The maximum atomic E-state index is 14.4. The van der Waals surface area contributed by atoms with Crippen molar-refractivity contribution in [1.82, 2.24) is 0 Å². The Hall–Kier alpha value is -9.78. The van der Waals surface area contributed by atoms with Crippen LogP contribution in [0.2, 0.25) is 0 Å². The minimum atomic E-state index is -4.79. The van der Waals surface area contributed by atoms with E-state index >= 15 is 0 Å². The molecule has 4 N–H and O–H groups in total. The fourth-order valence-electron chi connectivity index (χ4n) is 9.28. The second kappa shape index (κ2) is 23.1. The number of aromatic hydroxyl groups is 4. The smallest absolute Gasteiger partial charge is 0.426 e. The Labute approximate surface area is 458 Å². The van der Waals surface area contributed by atoms with E-state index in [0.29, 0.717) is 11.1 Å². The molecule has 8 rings (SSSR count). The lowest BCUT2D eigenvalue weighted by Gasteiger charge is -2.22. The predicted octanol–water partition coefficient (Wildman–Crippen LogP) is 11.0. The molecule has 0 saturated heterocycles. The lowest BCUT2D eigenvalue weighted by Crippen LogP contribution is -2.13. The molecule has 0 unspecified atom stereocenters. The summed E-state index contributed by atoms with van der Waals surface area (Å²) >= 11 is 0. The number of hydrogen-bond acceptors (Lipinski definition) is 20. The van der Waals surface area contributed by atoms with Crippen molar-refractivity contribution in [3.05, 3.63) is 129 Å². The second-order valence-electron chi connectivity index (χ2n) is 17.3. The fraction of sp³-hybridized carbons (Fsp3) is 0.214. The van der Waals surface area contributed by atoms with Gasteiger partial charge in [-0.2, -0.15) is 16.8 Å². The molecule has 80 heavy (non-hydrogen) atoms. The van der Waals surface area contributed by atoms with Crippen LogP contribution >= 0.6 is 0 Å². The molecular formula is C56H52N4O18S2+2. The van der Waals surface area contributed by atoms with Gasteiger partial charge in [0.1, 0.15) is 9.79 Å². The monoisotopic (exact) mass is 1130 g/mol. The average molecular weight is 1130 g/mol. The van der Waals surface area contributed by atoms with Gasteiger partial charge in [-0.1, -0.05) is 24.3 Å². The molecule has 0 aliphatic rings. The zero-order chi connectivity index (χ0) is 57.8. The highest BCUT2D eigenvalue weighted by molar-refractivity contribution is 7.87. The molecule has 0 radical (unpaired) electrons. The molecule has 22 nitrogen and oxygen atoms in total. The van der Waals surface area contributed by atoms with Crippen molar-refractivity contribution in [2.24, 2.45) is 0 Å². The number of fused-ring (bicyclic) bond motifs is 2. The van der Waals surface area contributed by atoms with E-state index in [1.165, 1.54) is 140 Å². The molecule has 0 fully saturated rings. The minimum absolute atomic E-state index is 0.00726. The van der Waals surface area contributed by atoms with Crippen molar-refractivity contribution >= 4 is 53.2 Å². The molecule has 8 aromatic carbocycles. The summed E-state index contributed by atoms with van der Waals surface area (Å²) in [6.07, 6.45) is -0.463. The Morgan fingerprint density at radius 1 is 0.425 bits per heavy atom. The Morgan fingerprint density at radius 3 is 1.12 bits per heavy atom. The van der Waals surface area contributed by atoms with Crippen LogP contribution < -0.4 is 46.3 Å². The van der Waals surface area contributed by atoms with Crippen LogP contribution in [-0.2, 0) is 33.1 Å². The molecule has 24 heteroatoms. The van der Waals surface area contributed by atoms with Gasteiger partial charge in [-0.25, -0.2) is 0 Å². The van der Waals surface area contributed by atoms with Crippen LogP contribution in [0.15, 0.2) is 107 Å². The molecule has 8 aromatic rings. The first kappa shape index (κ1) is 56.4. The van der Waals surface area contributed by atoms with Crippen LogP contribution in [0.5, 0.6) is 80.5 Å². The zero-order valence-corrected chi connectivity index (χ0v) is 45.8. The van der Waals surface area contributed by atoms with Crippen LogP contribution in [0.4, 0.5) is 11.4 Å². The van der Waals surface area contributed by atoms with Gasteiger partial charge in [-0.05, 0) is 73.5 Å². The third-order valence-corrected chi connectivity index (χ3v) is 15.4. The number of phenolic OH excluding ortho intramolecular Hbond substituents is 4. The number of nitrogens with zero attached hydrogens (tertiary/aromatic N) is 4. The Morgan fingerprint density at radius 2 is 0.800 bits per heavy atom. The molecule has 0 saturated carbocycles. The molecule has 0 spiro atoms. The molecule has 0 aromatic heterocycles. The van der Waals surface area contributed by atoms with Gasteiger partial charge in [-0.3, -0.25) is 0 Å². The second-order valence-corrected chi connectivity index (χ2v) is 20.3. The third kappa shape index (κ3) is 10.4. The number of benzene rings is 8. The van der Waals surface area contributed by atoms with Crippen molar-refractivity contribution in [2.45, 2.75) is 36.5 Å². The highest BCUT2D eigenvalue weighted by atomic mass is 32.2. The normalized spacial score (nSPS) is 11.3. The van der Waals surface area contributed by atoms with Crippen LogP contribution in [0, 0.1) is 10.8 Å². The molecule has 414 valence electrons. The average Bonchev–Trinajstić information content (AvgIpc) is 3.47. The summed E-state index contributed by atoms with van der Waals surface area (Å²) in [6.45, 7) is 3.47. The maximum absolute atomic E-state index is 14.4. The molecule has 0 amide bonds. The van der Waals surface area contributed by atoms with Gasteiger partial charge in [0.25, 0.3) is 0 Å². The lowest BCUT2D eigenvalue weighted by atomic mass is 9.93. The Kier molecular flexibility index (Phi) is 16.3. The van der Waals surface area contributed by atoms with Crippen LogP contribution in [0.1, 0.15) is 36.1 Å². The SMILES string of the molecule is CCOc1cc(Cc2c(OS(=O)(=O)c3cccc4c(O)c([N+]#N)ccc34)cc(OC)c(OC)c2OC)cc(-c2cc(Cc3c(OS(=O)(=O)c4cccc5c(O)c([N+]#N)ccc45)cc(OC)c(OC)c3OC)cc(OCC)c2O)c1O. The topological polar surface area (TPSA) is 298 Å². The number of ether oxygens (including phenoxy) is 8. The van der Waals surface area contributed by atoms with E-state index in [-0.39, 0.29) is 149 Å². The van der Waals surface area contributed by atoms with Crippen molar-refractivity contribution in [3.8, 4) is 91.6 Å². The van der Waals surface area contributed by atoms with Gasteiger partial charge in [-0.15, -0.1) is 0 Å². The van der Waals surface area contributed by atoms with E-state index < -0.39 is 43.2 Å². The Balaban J connectivity index is 1.28. The lowest BCUT2D eigenvalue weighted by molar-refractivity contribution is 0.316. The van der Waals surface area contributed by atoms with Gasteiger partial charge in [0, 0.05) is 80.9 Å². The van der Waals surface area contributed by atoms with Crippen LogP contribution in [0.3, 0.4) is 0 Å². The summed E-state index contributed by atoms with van der Waals surface area (Å²) in [4.78, 5) is 5.42. The molecule has 0 heterocycles. The van der Waals surface area contributed by atoms with E-state index in [4.69, 9.17) is 46.3 Å². The van der Waals surface area contributed by atoms with Crippen molar-refractivity contribution in [2.75, 3.05) is 55.9 Å². The molecule has 0 bridgehead atoms. The molecular weight excluding hydrogens is 1080 g/mol. The Bertz CT molecular complexity index is 3820. The highest BCUT2D eigenvalue weighted by Gasteiger charge is 2.32. The van der Waals surface area contributed by atoms with E-state index in [0.717, 1.165) is 0 Å². The standard InChI is InChI=1S/C56H50N4O18S2/c1-9-75-43-25-29(23-37-41(27-45(69-3)55(73-7)53(37)71-5)77-79(65,66)47-15-11-13-33-31(47)17-19-39(59-57)49(33)61)21-35(51(43)63)36-22-30(26-44(52(36)64)76-10-2)24-38-42(28-46(70-4)56(74-8)54(38)72-6)78-80(67,68)48-16-12-14-34-32(48)18-20-40(60-58)50(34)62/h11-22,25-28,57H,9-10,23-24H2,1-8H3,(H-,61,62)/p+2. The van der Waals surface area contributed by atoms with Gasteiger partial charge >= 0.3 is 31.6 Å². The van der Waals surface area contributed by atoms with Crippen molar-refractivity contribution in [1.29, 1.82) is 10.8 Å². The van der Waals surface area contributed by atoms with Crippen LogP contribution in [0.25, 0.3) is 42.6 Å². The largest absolute Gasteiger partial charge is 0.504 e. The van der Waals surface area contributed by atoms with Crippen molar-refractivity contribution in [3.63, 3.8) is 0 Å². The molecule has 0 aliphatic carbocycles. The zero-order valence-electron chi connectivity index (χ0n) is 44.2. The molecule has 0 aliphatic heterocycles. The van der Waals surface area contributed by atoms with Gasteiger partial charge in [0.15, 0.2) is 67.4 Å². The summed E-state index contributed by atoms with van der Waals surface area (Å²) in [7, 11) is -1.58.